The number of hydrogen-bond acceptors (Lipinski definition) is 4. The van der Waals surface area contributed by atoms with E-state index in [0.29, 0.717) is 24.7 Å². The number of carbonyl (C=O) groups excluding carboxylic acids is 1. The molecule has 0 radical (unpaired) electrons. The summed E-state index contributed by atoms with van der Waals surface area (Å²) in [5.41, 5.74) is 1.77. The summed E-state index contributed by atoms with van der Waals surface area (Å²) in [6.07, 6.45) is -1.88. The predicted octanol–water partition coefficient (Wildman–Crippen LogP) is 8.84. The molecule has 0 amide bonds. The zero-order chi connectivity index (χ0) is 29.6. The van der Waals surface area contributed by atoms with Gasteiger partial charge in [0.15, 0.2) is 0 Å². The van der Waals surface area contributed by atoms with Gasteiger partial charge < -0.3 is 14.9 Å². The molecule has 2 N–H and O–H groups in total. The van der Waals surface area contributed by atoms with Crippen molar-refractivity contribution in [1.82, 2.24) is 0 Å². The first-order valence-electron chi connectivity index (χ1n) is 14.0. The zero-order valence-corrected chi connectivity index (χ0v) is 23.1. The second-order valence-electron chi connectivity index (χ2n) is 11.3. The molecule has 1 aliphatic rings. The molecule has 0 bridgehead atoms. The van der Waals surface area contributed by atoms with Crippen LogP contribution in [0.25, 0.3) is 0 Å². The topological polar surface area (TPSA) is 66.8 Å². The molecule has 4 nitrogen and oxygen atoms in total. The number of benzene rings is 2. The van der Waals surface area contributed by atoms with Crippen molar-refractivity contribution in [3.8, 4) is 17.2 Å². The maximum atomic E-state index is 13.0. The van der Waals surface area contributed by atoms with Crippen LogP contribution in [0.3, 0.4) is 0 Å². The molecule has 0 saturated carbocycles. The minimum absolute atomic E-state index is 0.0273. The van der Waals surface area contributed by atoms with Crippen LogP contribution >= 0.6 is 0 Å². The minimum atomic E-state index is -5.62. The van der Waals surface area contributed by atoms with Crippen LogP contribution < -0.4 is 4.74 Å². The van der Waals surface area contributed by atoms with Crippen molar-refractivity contribution in [1.29, 1.82) is 0 Å². The second kappa shape index (κ2) is 13.2. The summed E-state index contributed by atoms with van der Waals surface area (Å²) < 4.78 is 68.7. The summed E-state index contributed by atoms with van der Waals surface area (Å²) in [5.74, 6) is -3.93. The monoisotopic (exact) mass is 570 g/mol. The standard InChI is InChI=1S/C31H39F5O4/c1-21(9-7-5-3-4-6-8-10-23(37)17-18-30(32,33)31(34,35)36)28-26-16-15-25(39)19-27(26)40-20-29(28,2)22-11-13-24(38)14-12-22/h11-16,19,21,28,38-39H,3-10,17-18,20H2,1-2H3. The number of carbonyl (C=O) groups is 1. The number of phenolic OH excluding ortho intramolecular Hbond substituents is 2. The molecule has 1 heterocycles. The lowest BCUT2D eigenvalue weighted by Crippen LogP contribution is -2.43. The highest BCUT2D eigenvalue weighted by molar-refractivity contribution is 5.78. The molecule has 9 heteroatoms. The Kier molecular flexibility index (Phi) is 10.5. The molecule has 0 aromatic heterocycles. The number of fused-ring (bicyclic) bond motifs is 1. The van der Waals surface area contributed by atoms with Gasteiger partial charge in [-0.25, -0.2) is 0 Å². The van der Waals surface area contributed by atoms with E-state index in [0.717, 1.165) is 49.7 Å². The van der Waals surface area contributed by atoms with Gasteiger partial charge in [-0.15, -0.1) is 0 Å². The Bertz CT molecular complexity index is 1120. The van der Waals surface area contributed by atoms with Gasteiger partial charge in [0.1, 0.15) is 23.0 Å². The predicted molar refractivity (Wildman–Crippen MR) is 143 cm³/mol. The van der Waals surface area contributed by atoms with Crippen LogP contribution in [0, 0.1) is 5.92 Å². The zero-order valence-electron chi connectivity index (χ0n) is 23.1. The molecule has 2 aromatic rings. The fourth-order valence-corrected chi connectivity index (χ4v) is 5.83. The Morgan fingerprint density at radius 3 is 2.17 bits per heavy atom. The third kappa shape index (κ3) is 7.88. The largest absolute Gasteiger partial charge is 0.508 e. The van der Waals surface area contributed by atoms with Gasteiger partial charge in [0.05, 0.1) is 6.61 Å². The Morgan fingerprint density at radius 1 is 0.925 bits per heavy atom. The Morgan fingerprint density at radius 2 is 1.52 bits per heavy atom. The quantitative estimate of drug-likeness (QED) is 0.176. The first kappa shape index (κ1) is 31.7. The number of phenols is 2. The normalized spacial score (nSPS) is 20.0. The fourth-order valence-electron chi connectivity index (χ4n) is 5.83. The summed E-state index contributed by atoms with van der Waals surface area (Å²) >= 11 is 0. The van der Waals surface area contributed by atoms with E-state index in [2.05, 4.69) is 13.8 Å². The molecular formula is C31H39F5O4. The van der Waals surface area contributed by atoms with Crippen molar-refractivity contribution < 1.29 is 41.7 Å². The van der Waals surface area contributed by atoms with Crippen LogP contribution in [0.1, 0.15) is 95.1 Å². The number of halogens is 5. The number of ketones is 1. The summed E-state index contributed by atoms with van der Waals surface area (Å²) in [7, 11) is 0. The van der Waals surface area contributed by atoms with Gasteiger partial charge in [-0.05, 0) is 41.7 Å². The van der Waals surface area contributed by atoms with Gasteiger partial charge in [0.25, 0.3) is 0 Å². The summed E-state index contributed by atoms with van der Waals surface area (Å²) in [6, 6.07) is 12.5. The Labute approximate surface area is 232 Å². The van der Waals surface area contributed by atoms with Crippen LogP contribution in [-0.4, -0.2) is 34.7 Å². The highest BCUT2D eigenvalue weighted by Crippen LogP contribution is 2.52. The van der Waals surface area contributed by atoms with Crippen LogP contribution in [0.4, 0.5) is 22.0 Å². The van der Waals surface area contributed by atoms with Crippen LogP contribution in [-0.2, 0) is 10.2 Å². The van der Waals surface area contributed by atoms with Crippen molar-refractivity contribution >= 4 is 5.78 Å². The van der Waals surface area contributed by atoms with E-state index in [1.54, 1.807) is 24.3 Å². The highest BCUT2D eigenvalue weighted by atomic mass is 19.4. The second-order valence-corrected chi connectivity index (χ2v) is 11.3. The third-order valence-corrected chi connectivity index (χ3v) is 8.14. The van der Waals surface area contributed by atoms with Gasteiger partial charge in [-0.2, -0.15) is 22.0 Å². The van der Waals surface area contributed by atoms with Gasteiger partial charge in [0.2, 0.25) is 0 Å². The van der Waals surface area contributed by atoms with E-state index in [9.17, 15) is 37.0 Å². The Hall–Kier alpha value is -2.84. The molecule has 0 saturated heterocycles. The summed E-state index contributed by atoms with van der Waals surface area (Å²) in [5, 5.41) is 19.8. The molecule has 3 atom stereocenters. The fraction of sp³-hybridized carbons (Fsp3) is 0.581. The molecule has 3 unspecified atom stereocenters. The number of aromatic hydroxyl groups is 2. The SMILES string of the molecule is CC(CCCCCCCCC(=O)CCC(F)(F)C(F)(F)F)C1c2ccc(O)cc2OCC1(C)c1ccc(O)cc1. The van der Waals surface area contributed by atoms with Gasteiger partial charge in [-0.1, -0.05) is 70.6 Å². The molecule has 2 aromatic carbocycles. The lowest BCUT2D eigenvalue weighted by molar-refractivity contribution is -0.284. The first-order valence-corrected chi connectivity index (χ1v) is 14.0. The summed E-state index contributed by atoms with van der Waals surface area (Å²) in [4.78, 5) is 11.7. The average Bonchev–Trinajstić information content (AvgIpc) is 2.88. The molecule has 1 aliphatic heterocycles. The number of alkyl halides is 5. The van der Waals surface area contributed by atoms with E-state index in [-0.39, 0.29) is 29.3 Å². The lowest BCUT2D eigenvalue weighted by atomic mass is 9.62. The van der Waals surface area contributed by atoms with E-state index < -0.39 is 30.7 Å². The molecule has 40 heavy (non-hydrogen) atoms. The van der Waals surface area contributed by atoms with E-state index in [4.69, 9.17) is 4.74 Å². The third-order valence-electron chi connectivity index (χ3n) is 8.14. The van der Waals surface area contributed by atoms with Crippen molar-refractivity contribution in [3.63, 3.8) is 0 Å². The number of Topliss-reactive ketones (excluding diaryl/α,β-unsaturated/α-hetero) is 1. The number of ether oxygens (including phenoxy) is 1. The molecule has 0 aliphatic carbocycles. The van der Waals surface area contributed by atoms with Gasteiger partial charge >= 0.3 is 12.1 Å². The number of rotatable bonds is 14. The number of unbranched alkanes of at least 4 members (excludes halogenated alkanes) is 5. The van der Waals surface area contributed by atoms with Gasteiger partial charge in [-0.3, -0.25) is 4.79 Å². The van der Waals surface area contributed by atoms with E-state index in [1.807, 2.05) is 18.2 Å². The molecule has 3 rings (SSSR count). The van der Waals surface area contributed by atoms with Crippen molar-refractivity contribution in [3.05, 3.63) is 53.6 Å². The van der Waals surface area contributed by atoms with Crippen molar-refractivity contribution in [2.24, 2.45) is 5.92 Å². The minimum Gasteiger partial charge on any atom is -0.508 e. The average molecular weight is 571 g/mol. The highest BCUT2D eigenvalue weighted by Gasteiger charge is 2.56. The molecule has 0 spiro atoms. The summed E-state index contributed by atoms with van der Waals surface area (Å²) in [6.45, 7) is 4.83. The van der Waals surface area contributed by atoms with Crippen LogP contribution in [0.5, 0.6) is 17.2 Å². The van der Waals surface area contributed by atoms with E-state index in [1.165, 1.54) is 0 Å². The van der Waals surface area contributed by atoms with Crippen LogP contribution in [0.2, 0.25) is 0 Å². The first-order chi connectivity index (χ1) is 18.7. The van der Waals surface area contributed by atoms with E-state index >= 15 is 0 Å². The molecule has 222 valence electrons. The van der Waals surface area contributed by atoms with Crippen LogP contribution in [0.15, 0.2) is 42.5 Å². The Balaban J connectivity index is 1.46. The number of hydrogen-bond donors (Lipinski definition) is 2. The smallest absolute Gasteiger partial charge is 0.453 e. The van der Waals surface area contributed by atoms with Crippen molar-refractivity contribution in [2.75, 3.05) is 6.61 Å². The molecular weight excluding hydrogens is 531 g/mol. The molecule has 0 fully saturated rings. The van der Waals surface area contributed by atoms with Gasteiger partial charge in [0, 0.05) is 36.7 Å². The maximum absolute atomic E-state index is 13.0. The van der Waals surface area contributed by atoms with Crippen molar-refractivity contribution in [2.45, 2.75) is 101 Å². The lowest BCUT2D eigenvalue weighted by Gasteiger charge is -2.45. The maximum Gasteiger partial charge on any atom is 0.453 e.